The maximum atomic E-state index is 12.5. The van der Waals surface area contributed by atoms with Crippen LogP contribution >= 0.6 is 0 Å². The zero-order valence-electron chi connectivity index (χ0n) is 22.2. The van der Waals surface area contributed by atoms with Crippen LogP contribution in [-0.2, 0) is 4.74 Å². The van der Waals surface area contributed by atoms with Gasteiger partial charge in [-0.1, -0.05) is 12.1 Å². The fraction of sp³-hybridized carbons (Fsp3) is 0.321. The van der Waals surface area contributed by atoms with Gasteiger partial charge in [0.05, 0.1) is 5.52 Å². The van der Waals surface area contributed by atoms with Crippen molar-refractivity contribution >= 4 is 46.2 Å². The smallest absolute Gasteiger partial charge is 0.407 e. The number of fused-ring (bicyclic) bond motifs is 1. The number of para-hydroxylation sites is 1. The second kappa shape index (κ2) is 11.0. The van der Waals surface area contributed by atoms with Gasteiger partial charge < -0.3 is 26.0 Å². The number of benzene rings is 2. The van der Waals surface area contributed by atoms with E-state index in [2.05, 4.69) is 36.4 Å². The third-order valence-electron chi connectivity index (χ3n) is 5.95. The first-order valence-corrected chi connectivity index (χ1v) is 12.9. The van der Waals surface area contributed by atoms with E-state index in [0.29, 0.717) is 29.1 Å². The minimum atomic E-state index is -0.571. The van der Waals surface area contributed by atoms with Crippen LogP contribution < -0.4 is 21.3 Å². The van der Waals surface area contributed by atoms with Crippen molar-refractivity contribution in [1.29, 1.82) is 0 Å². The zero-order chi connectivity index (χ0) is 27.4. The minimum Gasteiger partial charge on any atom is -0.444 e. The van der Waals surface area contributed by atoms with Crippen LogP contribution in [0.2, 0.25) is 0 Å². The molecule has 2 amide bonds. The van der Waals surface area contributed by atoms with Crippen molar-refractivity contribution in [2.45, 2.75) is 45.1 Å². The third kappa shape index (κ3) is 7.01. The van der Waals surface area contributed by atoms with Gasteiger partial charge in [0, 0.05) is 47.4 Å². The molecule has 1 aliphatic rings. The highest BCUT2D eigenvalue weighted by Gasteiger charge is 2.25. The Morgan fingerprint density at radius 3 is 2.46 bits per heavy atom. The van der Waals surface area contributed by atoms with Crippen molar-refractivity contribution in [3.63, 3.8) is 0 Å². The molecule has 1 aliphatic carbocycles. The van der Waals surface area contributed by atoms with Crippen LogP contribution in [-0.4, -0.2) is 50.9 Å². The van der Waals surface area contributed by atoms with E-state index < -0.39 is 11.7 Å². The lowest BCUT2D eigenvalue weighted by atomic mass is 10.2. The molecular weight excluding hydrogens is 496 g/mol. The van der Waals surface area contributed by atoms with Crippen LogP contribution in [0.15, 0.2) is 54.6 Å². The summed E-state index contributed by atoms with van der Waals surface area (Å²) < 4.78 is 5.18. The lowest BCUT2D eigenvalue weighted by Crippen LogP contribution is -2.37. The molecule has 2 aromatic heterocycles. The lowest BCUT2D eigenvalue weighted by molar-refractivity contribution is 0.0526. The maximum absolute atomic E-state index is 12.5. The number of nitrogens with one attached hydrogen (secondary N) is 5. The molecule has 2 heterocycles. The van der Waals surface area contributed by atoms with Gasteiger partial charge >= 0.3 is 6.09 Å². The number of aromatic amines is 1. The second-order valence-electron chi connectivity index (χ2n) is 10.4. The van der Waals surface area contributed by atoms with Gasteiger partial charge in [-0.15, -0.1) is 0 Å². The van der Waals surface area contributed by atoms with Gasteiger partial charge in [0.15, 0.2) is 5.82 Å². The van der Waals surface area contributed by atoms with E-state index in [9.17, 15) is 9.59 Å². The van der Waals surface area contributed by atoms with E-state index in [4.69, 9.17) is 9.72 Å². The molecule has 0 atom stereocenters. The Bertz CT molecular complexity index is 1470. The molecule has 0 aliphatic heterocycles. The summed E-state index contributed by atoms with van der Waals surface area (Å²) in [7, 11) is 0. The molecule has 0 bridgehead atoms. The lowest BCUT2D eigenvalue weighted by Gasteiger charge is -2.19. The molecule has 4 aromatic rings. The van der Waals surface area contributed by atoms with E-state index in [1.165, 1.54) is 12.8 Å². The Labute approximate surface area is 226 Å². The highest BCUT2D eigenvalue weighted by molar-refractivity contribution is 5.95. The van der Waals surface area contributed by atoms with Crippen LogP contribution in [0.5, 0.6) is 0 Å². The van der Waals surface area contributed by atoms with Crippen molar-refractivity contribution in [1.82, 2.24) is 30.8 Å². The summed E-state index contributed by atoms with van der Waals surface area (Å²) in [6.45, 7) is 5.91. The normalized spacial score (nSPS) is 13.1. The van der Waals surface area contributed by atoms with Crippen molar-refractivity contribution < 1.29 is 14.3 Å². The molecule has 2 aromatic carbocycles. The monoisotopic (exact) mass is 528 g/mol. The molecule has 39 heavy (non-hydrogen) atoms. The highest BCUT2D eigenvalue weighted by atomic mass is 16.6. The average molecular weight is 529 g/mol. The number of carbonyl (C=O) groups is 2. The van der Waals surface area contributed by atoms with E-state index in [0.717, 1.165) is 22.3 Å². The molecule has 202 valence electrons. The van der Waals surface area contributed by atoms with Crippen molar-refractivity contribution in [3.05, 3.63) is 65.9 Å². The van der Waals surface area contributed by atoms with Gasteiger partial charge in [0.1, 0.15) is 11.4 Å². The first-order chi connectivity index (χ1) is 18.7. The number of hydrogen-bond acceptors (Lipinski definition) is 8. The quantitative estimate of drug-likeness (QED) is 0.191. The predicted molar refractivity (Wildman–Crippen MR) is 150 cm³/mol. The Balaban J connectivity index is 1.20. The Morgan fingerprint density at radius 1 is 0.974 bits per heavy atom. The number of nitrogens with zero attached hydrogens (tertiary/aromatic N) is 3. The number of H-pyrrole nitrogens is 1. The molecular formula is C28H32N8O3. The van der Waals surface area contributed by atoms with Gasteiger partial charge in [-0.05, 0) is 70.0 Å². The summed E-state index contributed by atoms with van der Waals surface area (Å²) in [5, 5.41) is 20.3. The Kier molecular flexibility index (Phi) is 7.31. The molecule has 5 N–H and O–H groups in total. The van der Waals surface area contributed by atoms with Gasteiger partial charge in [-0.25, -0.2) is 9.78 Å². The van der Waals surface area contributed by atoms with Gasteiger partial charge in [-0.3, -0.25) is 9.89 Å². The van der Waals surface area contributed by atoms with Crippen molar-refractivity contribution in [3.8, 4) is 0 Å². The van der Waals surface area contributed by atoms with Gasteiger partial charge in [0.2, 0.25) is 5.95 Å². The standard InChI is InChI=1S/C28H32N8O3/c1-28(2,3)39-27(38)30-15-14-29-25(37)18-10-12-19(13-11-18)31-26-32-21-7-5-4-6-20(21)24(34-26)33-23-16-22(35-36-23)17-8-9-17/h4-7,10-13,16-17H,8-9,14-15H2,1-3H3,(H,29,37)(H,30,38)(H3,31,32,33,34,35,36). The number of alkyl carbamates (subject to hydrolysis) is 1. The molecule has 1 fully saturated rings. The van der Waals surface area contributed by atoms with E-state index >= 15 is 0 Å². The van der Waals surface area contributed by atoms with Gasteiger partial charge in [-0.2, -0.15) is 10.1 Å². The van der Waals surface area contributed by atoms with Crippen molar-refractivity contribution in [2.24, 2.45) is 0 Å². The fourth-order valence-electron chi connectivity index (χ4n) is 3.94. The molecule has 5 rings (SSSR count). The number of ether oxygens (including phenoxy) is 1. The molecule has 1 saturated carbocycles. The molecule has 11 nitrogen and oxygen atoms in total. The van der Waals surface area contributed by atoms with Crippen LogP contribution in [0.1, 0.15) is 55.6 Å². The van der Waals surface area contributed by atoms with Crippen molar-refractivity contribution in [2.75, 3.05) is 23.7 Å². The molecule has 0 radical (unpaired) electrons. The fourth-order valence-corrected chi connectivity index (χ4v) is 3.94. The summed E-state index contributed by atoms with van der Waals surface area (Å²) in [5.74, 6) is 2.10. The highest BCUT2D eigenvalue weighted by Crippen LogP contribution is 2.39. The number of rotatable bonds is 9. The van der Waals surface area contributed by atoms with Crippen LogP contribution in [0.25, 0.3) is 10.9 Å². The number of aromatic nitrogens is 4. The predicted octanol–water partition coefficient (Wildman–Crippen LogP) is 4.97. The summed E-state index contributed by atoms with van der Waals surface area (Å²) in [5.41, 5.74) is 2.57. The average Bonchev–Trinajstić information content (AvgIpc) is 3.64. The third-order valence-corrected chi connectivity index (χ3v) is 5.95. The molecule has 0 saturated heterocycles. The van der Waals surface area contributed by atoms with Crippen LogP contribution in [0.4, 0.5) is 28.1 Å². The first kappa shape index (κ1) is 26.0. The topological polar surface area (TPSA) is 146 Å². The Hall–Kier alpha value is -4.67. The van der Waals surface area contributed by atoms with E-state index in [1.807, 2.05) is 30.3 Å². The summed E-state index contributed by atoms with van der Waals surface area (Å²) in [6, 6.07) is 16.8. The van der Waals surface area contributed by atoms with E-state index in [-0.39, 0.29) is 19.0 Å². The zero-order valence-corrected chi connectivity index (χ0v) is 22.2. The van der Waals surface area contributed by atoms with Crippen LogP contribution in [0, 0.1) is 0 Å². The summed E-state index contributed by atoms with van der Waals surface area (Å²) in [4.78, 5) is 33.5. The first-order valence-electron chi connectivity index (χ1n) is 12.9. The molecule has 0 unspecified atom stereocenters. The summed E-state index contributed by atoms with van der Waals surface area (Å²) in [6.07, 6.45) is 1.87. The van der Waals surface area contributed by atoms with E-state index in [1.54, 1.807) is 45.0 Å². The summed E-state index contributed by atoms with van der Waals surface area (Å²) >= 11 is 0. The second-order valence-corrected chi connectivity index (χ2v) is 10.4. The SMILES string of the molecule is CC(C)(C)OC(=O)NCCNC(=O)c1ccc(Nc2nc(Nc3cc(C4CC4)[nH]n3)c3ccccc3n2)cc1. The maximum Gasteiger partial charge on any atom is 0.407 e. The molecule has 0 spiro atoms. The largest absolute Gasteiger partial charge is 0.444 e. The van der Waals surface area contributed by atoms with Gasteiger partial charge in [0.25, 0.3) is 5.91 Å². The van der Waals surface area contributed by atoms with Crippen LogP contribution in [0.3, 0.4) is 0 Å². The molecule has 11 heteroatoms. The number of anilines is 4. The number of carbonyl (C=O) groups excluding carboxylic acids is 2. The Morgan fingerprint density at radius 2 is 1.72 bits per heavy atom. The number of hydrogen-bond donors (Lipinski definition) is 5. The number of amides is 2. The minimum absolute atomic E-state index is 0.245.